The first-order valence-electron chi connectivity index (χ1n) is 8.97. The third-order valence-electron chi connectivity index (χ3n) is 4.99. The van der Waals surface area contributed by atoms with Crippen LogP contribution in [0.4, 0.5) is 0 Å². The topological polar surface area (TPSA) is 15.8 Å². The summed E-state index contributed by atoms with van der Waals surface area (Å²) in [5, 5.41) is 1.36. The van der Waals surface area contributed by atoms with Gasteiger partial charge >= 0.3 is 0 Å². The number of aromatic amines is 1. The molecule has 1 heterocycles. The maximum absolute atomic E-state index is 3.92. The van der Waals surface area contributed by atoms with Gasteiger partial charge in [-0.25, -0.2) is 0 Å². The highest BCUT2D eigenvalue weighted by Crippen LogP contribution is 2.33. The van der Waals surface area contributed by atoms with Crippen LogP contribution in [0, 0.1) is 6.92 Å². The van der Waals surface area contributed by atoms with Gasteiger partial charge < -0.3 is 4.98 Å². The van der Waals surface area contributed by atoms with Crippen LogP contribution in [0.15, 0.2) is 49.0 Å². The van der Waals surface area contributed by atoms with E-state index in [0.29, 0.717) is 5.92 Å². The van der Waals surface area contributed by atoms with Crippen LogP contribution in [0.5, 0.6) is 0 Å². The van der Waals surface area contributed by atoms with Gasteiger partial charge in [-0.05, 0) is 48.6 Å². The second kappa shape index (κ2) is 7.09. The number of aryl methyl sites for hydroxylation is 2. The number of unbranched alkanes of at least 4 members (excludes halogenated alkanes) is 1. The first-order valence-corrected chi connectivity index (χ1v) is 8.97. The molecule has 0 radical (unpaired) electrons. The summed E-state index contributed by atoms with van der Waals surface area (Å²) in [6, 6.07) is 15.5. The van der Waals surface area contributed by atoms with Gasteiger partial charge in [0.2, 0.25) is 0 Å². The lowest BCUT2D eigenvalue weighted by Gasteiger charge is -2.14. The van der Waals surface area contributed by atoms with Gasteiger partial charge in [-0.1, -0.05) is 68.8 Å². The van der Waals surface area contributed by atoms with Crippen molar-refractivity contribution < 1.29 is 0 Å². The minimum Gasteiger partial charge on any atom is -0.358 e. The molecule has 1 nitrogen and oxygen atoms in total. The summed E-state index contributed by atoms with van der Waals surface area (Å²) >= 11 is 0. The highest BCUT2D eigenvalue weighted by molar-refractivity contribution is 5.87. The van der Waals surface area contributed by atoms with Crippen molar-refractivity contribution in [1.29, 1.82) is 0 Å². The van der Waals surface area contributed by atoms with Crippen LogP contribution in [-0.2, 0) is 6.42 Å². The largest absolute Gasteiger partial charge is 0.358 e. The molecule has 124 valence electrons. The summed E-state index contributed by atoms with van der Waals surface area (Å²) < 4.78 is 0. The molecule has 3 aromatic rings. The van der Waals surface area contributed by atoms with Gasteiger partial charge in [-0.3, -0.25) is 0 Å². The Balaban J connectivity index is 2.11. The monoisotopic (exact) mass is 317 g/mol. The van der Waals surface area contributed by atoms with Crippen molar-refractivity contribution in [3.63, 3.8) is 0 Å². The molecule has 0 saturated carbocycles. The van der Waals surface area contributed by atoms with E-state index in [0.717, 1.165) is 6.42 Å². The van der Waals surface area contributed by atoms with Crippen molar-refractivity contribution in [2.45, 2.75) is 46.0 Å². The number of H-pyrrole nitrogens is 1. The standard InChI is InChI=1S/C23H27N/c1-5-7-8-20-21-15-18(6-2)11-14-22(21)24-23(20)17(4)19-12-9-16(3)10-13-19/h6,9-15,17,24H,2,5,7-8H2,1,3-4H3. The highest BCUT2D eigenvalue weighted by Gasteiger charge is 2.18. The van der Waals surface area contributed by atoms with Crippen LogP contribution < -0.4 is 0 Å². The van der Waals surface area contributed by atoms with Gasteiger partial charge in [-0.2, -0.15) is 0 Å². The minimum absolute atomic E-state index is 0.372. The fourth-order valence-electron chi connectivity index (χ4n) is 3.43. The van der Waals surface area contributed by atoms with Crippen molar-refractivity contribution in [1.82, 2.24) is 4.98 Å². The Morgan fingerprint density at radius 1 is 1.12 bits per heavy atom. The number of benzene rings is 2. The zero-order valence-electron chi connectivity index (χ0n) is 15.0. The molecule has 2 aromatic carbocycles. The predicted molar refractivity (Wildman–Crippen MR) is 106 cm³/mol. The van der Waals surface area contributed by atoms with E-state index in [1.807, 2.05) is 6.08 Å². The summed E-state index contributed by atoms with van der Waals surface area (Å²) in [7, 11) is 0. The highest BCUT2D eigenvalue weighted by atomic mass is 14.7. The van der Waals surface area contributed by atoms with E-state index < -0.39 is 0 Å². The number of aromatic nitrogens is 1. The maximum atomic E-state index is 3.92. The van der Waals surface area contributed by atoms with E-state index in [2.05, 4.69) is 74.8 Å². The number of fused-ring (bicyclic) bond motifs is 1. The molecule has 0 fully saturated rings. The fourth-order valence-corrected chi connectivity index (χ4v) is 3.43. The lowest BCUT2D eigenvalue weighted by atomic mass is 9.92. The van der Waals surface area contributed by atoms with Crippen molar-refractivity contribution in [2.75, 3.05) is 0 Å². The summed E-state index contributed by atoms with van der Waals surface area (Å²) in [5.74, 6) is 0.372. The van der Waals surface area contributed by atoms with E-state index in [9.17, 15) is 0 Å². The fraction of sp³-hybridized carbons (Fsp3) is 0.304. The molecular formula is C23H27N. The van der Waals surface area contributed by atoms with E-state index in [1.54, 1.807) is 0 Å². The number of hydrogen-bond acceptors (Lipinski definition) is 0. The van der Waals surface area contributed by atoms with Crippen molar-refractivity contribution >= 4 is 17.0 Å². The van der Waals surface area contributed by atoms with E-state index >= 15 is 0 Å². The Bertz CT molecular complexity index is 836. The molecule has 0 spiro atoms. The molecule has 1 atom stereocenters. The van der Waals surface area contributed by atoms with Gasteiger partial charge in [0.05, 0.1) is 0 Å². The minimum atomic E-state index is 0.372. The Labute approximate surface area is 145 Å². The van der Waals surface area contributed by atoms with Gasteiger partial charge in [0.15, 0.2) is 0 Å². The molecule has 24 heavy (non-hydrogen) atoms. The summed E-state index contributed by atoms with van der Waals surface area (Å²) in [4.78, 5) is 3.70. The zero-order valence-corrected chi connectivity index (χ0v) is 15.0. The average Bonchev–Trinajstić information content (AvgIpc) is 2.97. The molecule has 0 aliphatic heterocycles. The van der Waals surface area contributed by atoms with Crippen LogP contribution in [0.2, 0.25) is 0 Å². The Morgan fingerprint density at radius 2 is 1.88 bits per heavy atom. The number of hydrogen-bond donors (Lipinski definition) is 1. The lowest BCUT2D eigenvalue weighted by molar-refractivity contribution is 0.775. The quantitative estimate of drug-likeness (QED) is 0.526. The summed E-state index contributed by atoms with van der Waals surface area (Å²) in [6.07, 6.45) is 5.49. The smallest absolute Gasteiger partial charge is 0.0459 e. The summed E-state index contributed by atoms with van der Waals surface area (Å²) in [6.45, 7) is 10.6. The van der Waals surface area contributed by atoms with Crippen LogP contribution in [0.25, 0.3) is 17.0 Å². The average molecular weight is 317 g/mol. The van der Waals surface area contributed by atoms with Crippen LogP contribution >= 0.6 is 0 Å². The molecule has 0 aliphatic carbocycles. The summed E-state index contributed by atoms with van der Waals surface area (Å²) in [5.41, 5.74) is 7.94. The second-order valence-electron chi connectivity index (χ2n) is 6.76. The third kappa shape index (κ3) is 3.17. The molecule has 3 rings (SSSR count). The van der Waals surface area contributed by atoms with Gasteiger partial charge in [0, 0.05) is 22.5 Å². The number of rotatable bonds is 6. The molecule has 0 aliphatic rings. The molecule has 0 saturated heterocycles. The van der Waals surface area contributed by atoms with Gasteiger partial charge in [0.25, 0.3) is 0 Å². The van der Waals surface area contributed by atoms with Crippen LogP contribution in [0.1, 0.15) is 60.6 Å². The second-order valence-corrected chi connectivity index (χ2v) is 6.76. The predicted octanol–water partition coefficient (Wildman–Crippen LogP) is 6.61. The van der Waals surface area contributed by atoms with E-state index in [4.69, 9.17) is 0 Å². The van der Waals surface area contributed by atoms with Gasteiger partial charge in [-0.15, -0.1) is 0 Å². The molecular weight excluding hydrogens is 290 g/mol. The molecule has 1 unspecified atom stereocenters. The van der Waals surface area contributed by atoms with E-state index in [1.165, 1.54) is 51.7 Å². The van der Waals surface area contributed by atoms with Crippen molar-refractivity contribution in [3.05, 3.63) is 77.0 Å². The van der Waals surface area contributed by atoms with E-state index in [-0.39, 0.29) is 0 Å². The normalized spacial score (nSPS) is 12.5. The van der Waals surface area contributed by atoms with Crippen molar-refractivity contribution in [3.8, 4) is 0 Å². The number of nitrogens with one attached hydrogen (secondary N) is 1. The maximum Gasteiger partial charge on any atom is 0.0459 e. The van der Waals surface area contributed by atoms with Gasteiger partial charge in [0.1, 0.15) is 0 Å². The van der Waals surface area contributed by atoms with Crippen LogP contribution in [-0.4, -0.2) is 4.98 Å². The first kappa shape index (κ1) is 16.6. The molecule has 1 aromatic heterocycles. The first-order chi connectivity index (χ1) is 11.6. The van der Waals surface area contributed by atoms with Crippen LogP contribution in [0.3, 0.4) is 0 Å². The Kier molecular flexibility index (Phi) is 4.89. The zero-order chi connectivity index (χ0) is 17.1. The Hall–Kier alpha value is -2.28. The molecule has 0 amide bonds. The third-order valence-corrected chi connectivity index (χ3v) is 4.99. The van der Waals surface area contributed by atoms with Crippen molar-refractivity contribution in [2.24, 2.45) is 0 Å². The molecule has 1 heteroatoms. The Morgan fingerprint density at radius 3 is 2.54 bits per heavy atom. The molecule has 0 bridgehead atoms. The SMILES string of the molecule is C=Cc1ccc2[nH]c(C(C)c3ccc(C)cc3)c(CCCC)c2c1. The lowest BCUT2D eigenvalue weighted by Crippen LogP contribution is -2.01. The molecule has 1 N–H and O–H groups in total.